The zero-order chi connectivity index (χ0) is 21.8. The molecule has 0 aliphatic carbocycles. The second-order valence-corrected chi connectivity index (χ2v) is 6.81. The molecular formula is C25H22N2O4. The first-order chi connectivity index (χ1) is 15.1. The van der Waals surface area contributed by atoms with Gasteiger partial charge in [0, 0.05) is 0 Å². The van der Waals surface area contributed by atoms with Gasteiger partial charge in [-0.3, -0.25) is 0 Å². The van der Waals surface area contributed by atoms with Gasteiger partial charge < -0.3 is 19.3 Å². The number of phenolic OH excluding ortho intramolecular Hbond substituents is 1. The summed E-state index contributed by atoms with van der Waals surface area (Å²) in [5.41, 5.74) is 2.20. The number of fused-ring (bicyclic) bond motifs is 1. The van der Waals surface area contributed by atoms with Crippen LogP contribution < -0.4 is 14.2 Å². The van der Waals surface area contributed by atoms with E-state index in [9.17, 15) is 5.11 Å². The molecule has 1 heterocycles. The molecule has 0 bridgehead atoms. The smallest absolute Gasteiger partial charge is 0.230 e. The Morgan fingerprint density at radius 2 is 1.71 bits per heavy atom. The van der Waals surface area contributed by atoms with Crippen molar-refractivity contribution in [2.75, 3.05) is 14.2 Å². The van der Waals surface area contributed by atoms with Crippen LogP contribution in [-0.2, 0) is 6.42 Å². The minimum absolute atomic E-state index is 0.0300. The SMILES string of the molecule is C=CCc1ccc(Oc2nc(-c3cccc(OC)c3O)nc3ccccc23)c(OC)c1. The number of aromatic nitrogens is 2. The van der Waals surface area contributed by atoms with Gasteiger partial charge in [-0.2, -0.15) is 4.98 Å². The summed E-state index contributed by atoms with van der Waals surface area (Å²) in [6, 6.07) is 18.4. The van der Waals surface area contributed by atoms with E-state index in [-0.39, 0.29) is 5.75 Å². The zero-order valence-corrected chi connectivity index (χ0v) is 17.3. The molecule has 6 nitrogen and oxygen atoms in total. The van der Waals surface area contributed by atoms with E-state index in [1.54, 1.807) is 25.3 Å². The molecule has 1 N–H and O–H groups in total. The Morgan fingerprint density at radius 1 is 0.903 bits per heavy atom. The highest BCUT2D eigenvalue weighted by atomic mass is 16.5. The minimum Gasteiger partial charge on any atom is -0.504 e. The highest BCUT2D eigenvalue weighted by Gasteiger charge is 2.17. The molecule has 0 saturated heterocycles. The molecule has 4 rings (SSSR count). The van der Waals surface area contributed by atoms with Crippen LogP contribution in [0.4, 0.5) is 0 Å². The van der Waals surface area contributed by atoms with Crippen molar-refractivity contribution in [3.8, 4) is 40.3 Å². The van der Waals surface area contributed by atoms with Crippen LogP contribution in [0.25, 0.3) is 22.3 Å². The number of aromatic hydroxyl groups is 1. The number of methoxy groups -OCH3 is 2. The van der Waals surface area contributed by atoms with Gasteiger partial charge in [-0.1, -0.05) is 30.3 Å². The maximum atomic E-state index is 10.6. The van der Waals surface area contributed by atoms with Gasteiger partial charge in [-0.15, -0.1) is 6.58 Å². The molecule has 6 heteroatoms. The summed E-state index contributed by atoms with van der Waals surface area (Å²) in [5.74, 6) is 2.12. The molecule has 0 amide bonds. The van der Waals surface area contributed by atoms with E-state index in [4.69, 9.17) is 14.2 Å². The summed E-state index contributed by atoms with van der Waals surface area (Å²) in [5, 5.41) is 11.3. The molecule has 0 fully saturated rings. The van der Waals surface area contributed by atoms with Crippen LogP contribution in [0.2, 0.25) is 0 Å². The number of benzene rings is 3. The first-order valence-electron chi connectivity index (χ1n) is 9.73. The Balaban J connectivity index is 1.84. The van der Waals surface area contributed by atoms with Crippen LogP contribution in [0.1, 0.15) is 5.56 Å². The summed E-state index contributed by atoms with van der Waals surface area (Å²) >= 11 is 0. The van der Waals surface area contributed by atoms with E-state index in [0.29, 0.717) is 40.0 Å². The third-order valence-corrected chi connectivity index (χ3v) is 4.84. The van der Waals surface area contributed by atoms with Crippen LogP contribution >= 0.6 is 0 Å². The van der Waals surface area contributed by atoms with Crippen molar-refractivity contribution >= 4 is 10.9 Å². The molecule has 0 spiro atoms. The van der Waals surface area contributed by atoms with Crippen LogP contribution in [0.3, 0.4) is 0 Å². The van der Waals surface area contributed by atoms with E-state index in [2.05, 4.69) is 16.5 Å². The molecule has 1 aromatic heterocycles. The number of phenols is 1. The fourth-order valence-corrected chi connectivity index (χ4v) is 3.31. The Labute approximate surface area is 180 Å². The van der Waals surface area contributed by atoms with Crippen molar-refractivity contribution in [2.24, 2.45) is 0 Å². The van der Waals surface area contributed by atoms with E-state index < -0.39 is 0 Å². The van der Waals surface area contributed by atoms with Gasteiger partial charge in [-0.05, 0) is 48.4 Å². The van der Waals surface area contributed by atoms with Crippen LogP contribution in [0.5, 0.6) is 28.9 Å². The van der Waals surface area contributed by atoms with Gasteiger partial charge in [0.2, 0.25) is 5.88 Å². The lowest BCUT2D eigenvalue weighted by Gasteiger charge is -2.14. The molecule has 0 radical (unpaired) electrons. The van der Waals surface area contributed by atoms with E-state index in [1.165, 1.54) is 7.11 Å². The number of nitrogens with zero attached hydrogens (tertiary/aromatic N) is 2. The zero-order valence-electron chi connectivity index (χ0n) is 17.3. The quantitative estimate of drug-likeness (QED) is 0.400. The fourth-order valence-electron chi connectivity index (χ4n) is 3.31. The number of rotatable bonds is 7. The summed E-state index contributed by atoms with van der Waals surface area (Å²) in [6.07, 6.45) is 2.56. The summed E-state index contributed by atoms with van der Waals surface area (Å²) in [6.45, 7) is 3.78. The molecule has 0 unspecified atom stereocenters. The summed E-state index contributed by atoms with van der Waals surface area (Å²) in [7, 11) is 3.09. The predicted molar refractivity (Wildman–Crippen MR) is 120 cm³/mol. The van der Waals surface area contributed by atoms with Crippen molar-refractivity contribution in [3.05, 3.63) is 78.9 Å². The van der Waals surface area contributed by atoms with Crippen LogP contribution in [-0.4, -0.2) is 29.3 Å². The Bertz CT molecular complexity index is 1250. The highest BCUT2D eigenvalue weighted by molar-refractivity contribution is 5.86. The molecule has 3 aromatic carbocycles. The molecule has 4 aromatic rings. The van der Waals surface area contributed by atoms with E-state index >= 15 is 0 Å². The Morgan fingerprint density at radius 3 is 2.48 bits per heavy atom. The van der Waals surface area contributed by atoms with E-state index in [0.717, 1.165) is 17.4 Å². The number of allylic oxidation sites excluding steroid dienone is 1. The molecule has 0 saturated carbocycles. The molecular weight excluding hydrogens is 392 g/mol. The average molecular weight is 414 g/mol. The fraction of sp³-hybridized carbons (Fsp3) is 0.120. The normalized spacial score (nSPS) is 10.6. The van der Waals surface area contributed by atoms with Gasteiger partial charge in [0.25, 0.3) is 0 Å². The summed E-state index contributed by atoms with van der Waals surface area (Å²) in [4.78, 5) is 9.23. The molecule has 31 heavy (non-hydrogen) atoms. The second kappa shape index (κ2) is 8.75. The topological polar surface area (TPSA) is 73.7 Å². The van der Waals surface area contributed by atoms with Gasteiger partial charge >= 0.3 is 0 Å². The maximum absolute atomic E-state index is 10.6. The molecule has 0 atom stereocenters. The van der Waals surface area contributed by atoms with Gasteiger partial charge in [0.15, 0.2) is 28.8 Å². The van der Waals surface area contributed by atoms with Crippen molar-refractivity contribution in [3.63, 3.8) is 0 Å². The van der Waals surface area contributed by atoms with Crippen molar-refractivity contribution in [1.82, 2.24) is 9.97 Å². The lowest BCUT2D eigenvalue weighted by Crippen LogP contribution is -1.98. The minimum atomic E-state index is -0.0300. The highest BCUT2D eigenvalue weighted by Crippen LogP contribution is 2.39. The van der Waals surface area contributed by atoms with Crippen molar-refractivity contribution in [2.45, 2.75) is 6.42 Å². The number of hydrogen-bond donors (Lipinski definition) is 1. The predicted octanol–water partition coefficient (Wildman–Crippen LogP) is 5.54. The standard InChI is InChI=1S/C25H22N2O4/c1-4-8-16-13-14-20(22(15-16)30-3)31-25-17-9-5-6-11-19(17)26-24(27-25)18-10-7-12-21(29-2)23(18)28/h4-7,9-15,28H,1,8H2,2-3H3. The molecule has 0 aliphatic heterocycles. The lowest BCUT2D eigenvalue weighted by atomic mass is 10.1. The number of para-hydroxylation sites is 2. The number of ether oxygens (including phenoxy) is 3. The lowest BCUT2D eigenvalue weighted by molar-refractivity contribution is 0.373. The van der Waals surface area contributed by atoms with Crippen LogP contribution in [0.15, 0.2) is 73.3 Å². The van der Waals surface area contributed by atoms with Gasteiger partial charge in [0.05, 0.1) is 30.7 Å². The van der Waals surface area contributed by atoms with E-state index in [1.807, 2.05) is 48.5 Å². The van der Waals surface area contributed by atoms with Crippen molar-refractivity contribution in [1.29, 1.82) is 0 Å². The van der Waals surface area contributed by atoms with Crippen LogP contribution in [0, 0.1) is 0 Å². The maximum Gasteiger partial charge on any atom is 0.230 e. The largest absolute Gasteiger partial charge is 0.504 e. The molecule has 0 aliphatic rings. The second-order valence-electron chi connectivity index (χ2n) is 6.81. The first-order valence-corrected chi connectivity index (χ1v) is 9.73. The first kappa shape index (κ1) is 20.2. The summed E-state index contributed by atoms with van der Waals surface area (Å²) < 4.78 is 16.9. The molecule has 156 valence electrons. The monoisotopic (exact) mass is 414 g/mol. The average Bonchev–Trinajstić information content (AvgIpc) is 2.80. The third kappa shape index (κ3) is 4.00. The third-order valence-electron chi connectivity index (χ3n) is 4.84. The van der Waals surface area contributed by atoms with Gasteiger partial charge in [-0.25, -0.2) is 4.98 Å². The van der Waals surface area contributed by atoms with Gasteiger partial charge in [0.1, 0.15) is 0 Å². The Hall–Kier alpha value is -4.06. The number of hydrogen-bond acceptors (Lipinski definition) is 6. The van der Waals surface area contributed by atoms with Crippen molar-refractivity contribution < 1.29 is 19.3 Å². The Kier molecular flexibility index (Phi) is 5.71.